The van der Waals surface area contributed by atoms with Gasteiger partial charge in [0.05, 0.1) is 0 Å². The number of benzene rings is 1. The molecule has 5 heterocycles. The largest absolute Gasteiger partial charge is 0.354 e. The summed E-state index contributed by atoms with van der Waals surface area (Å²) < 4.78 is 0. The Labute approximate surface area is 201 Å². The molecule has 0 spiro atoms. The molecule has 2 unspecified atom stereocenters. The van der Waals surface area contributed by atoms with Crippen LogP contribution in [-0.2, 0) is 6.42 Å². The second-order valence-electron chi connectivity index (χ2n) is 10.4. The number of piperazine rings is 1. The van der Waals surface area contributed by atoms with Gasteiger partial charge in [0, 0.05) is 67.8 Å². The number of carbonyl (C=O) groups is 1. The molecule has 2 bridgehead atoms. The normalized spacial score (nSPS) is 25.1. The van der Waals surface area contributed by atoms with Gasteiger partial charge >= 0.3 is 0 Å². The highest BCUT2D eigenvalue weighted by Gasteiger charge is 2.43. The number of amides is 1. The zero-order valence-corrected chi connectivity index (χ0v) is 19.9. The highest BCUT2D eigenvalue weighted by Crippen LogP contribution is 2.41. The number of aromatic nitrogens is 2. The van der Waals surface area contributed by atoms with Crippen molar-refractivity contribution in [2.45, 2.75) is 44.2 Å². The summed E-state index contributed by atoms with van der Waals surface area (Å²) in [6, 6.07) is 13.1. The van der Waals surface area contributed by atoms with Crippen LogP contribution < -0.4 is 4.90 Å². The molecule has 6 heteroatoms. The van der Waals surface area contributed by atoms with Crippen molar-refractivity contribution >= 4 is 22.5 Å². The molecule has 1 aromatic carbocycles. The third kappa shape index (κ3) is 4.05. The summed E-state index contributed by atoms with van der Waals surface area (Å²) in [6.07, 6.45) is 11.3. The molecule has 1 amide bonds. The summed E-state index contributed by atoms with van der Waals surface area (Å²) in [5, 5.41) is 2.53. The van der Waals surface area contributed by atoms with Crippen LogP contribution in [0.3, 0.4) is 0 Å². The van der Waals surface area contributed by atoms with E-state index in [0.29, 0.717) is 18.0 Å². The van der Waals surface area contributed by atoms with Crippen molar-refractivity contribution in [2.24, 2.45) is 5.92 Å². The van der Waals surface area contributed by atoms with Gasteiger partial charge in [0.25, 0.3) is 5.91 Å². The second kappa shape index (κ2) is 8.99. The maximum Gasteiger partial charge on any atom is 0.254 e. The lowest BCUT2D eigenvalue weighted by atomic mass is 9.85. The lowest BCUT2D eigenvalue weighted by molar-refractivity contribution is 0.0524. The van der Waals surface area contributed by atoms with Crippen molar-refractivity contribution in [3.8, 4) is 0 Å². The molecule has 0 N–H and O–H groups in total. The van der Waals surface area contributed by atoms with Crippen molar-refractivity contribution in [3.05, 3.63) is 66.1 Å². The fourth-order valence-corrected chi connectivity index (χ4v) is 6.35. The molecular formula is C28H33N5O. The quantitative estimate of drug-likeness (QED) is 0.595. The first kappa shape index (κ1) is 21.5. The van der Waals surface area contributed by atoms with Crippen LogP contribution in [0.15, 0.2) is 55.0 Å². The van der Waals surface area contributed by atoms with E-state index >= 15 is 0 Å². The molecule has 0 saturated carbocycles. The first-order chi connectivity index (χ1) is 16.7. The summed E-state index contributed by atoms with van der Waals surface area (Å²) >= 11 is 0. The SMILES string of the molecule is CN1CCN(c2cc(C(=O)N3C4CCC3CC(Cc3cncc5ccccc35)C4)ccn2)CC1. The minimum Gasteiger partial charge on any atom is -0.354 e. The number of hydrogen-bond acceptors (Lipinski definition) is 5. The summed E-state index contributed by atoms with van der Waals surface area (Å²) in [4.78, 5) is 29.6. The molecule has 0 aliphatic carbocycles. The van der Waals surface area contributed by atoms with Crippen LogP contribution >= 0.6 is 0 Å². The average molecular weight is 456 g/mol. The van der Waals surface area contributed by atoms with E-state index in [4.69, 9.17) is 0 Å². The van der Waals surface area contributed by atoms with Gasteiger partial charge in [-0.3, -0.25) is 9.78 Å². The van der Waals surface area contributed by atoms with Crippen molar-refractivity contribution < 1.29 is 4.79 Å². The van der Waals surface area contributed by atoms with Crippen molar-refractivity contribution in [1.82, 2.24) is 19.8 Å². The van der Waals surface area contributed by atoms with Gasteiger partial charge in [-0.2, -0.15) is 0 Å². The molecule has 34 heavy (non-hydrogen) atoms. The number of carbonyl (C=O) groups excluding carboxylic acids is 1. The topological polar surface area (TPSA) is 52.6 Å². The van der Waals surface area contributed by atoms with Gasteiger partial charge in [-0.05, 0) is 68.2 Å². The smallest absolute Gasteiger partial charge is 0.254 e. The van der Waals surface area contributed by atoms with Gasteiger partial charge in [0.1, 0.15) is 5.82 Å². The van der Waals surface area contributed by atoms with E-state index in [1.54, 1.807) is 0 Å². The van der Waals surface area contributed by atoms with Crippen LogP contribution in [0, 0.1) is 5.92 Å². The van der Waals surface area contributed by atoms with Crippen molar-refractivity contribution in [1.29, 1.82) is 0 Å². The molecule has 6 nitrogen and oxygen atoms in total. The average Bonchev–Trinajstić information content (AvgIpc) is 3.14. The van der Waals surface area contributed by atoms with E-state index < -0.39 is 0 Å². The van der Waals surface area contributed by atoms with Crippen LogP contribution in [0.1, 0.15) is 41.6 Å². The molecule has 2 atom stereocenters. The van der Waals surface area contributed by atoms with E-state index in [1.807, 2.05) is 30.7 Å². The van der Waals surface area contributed by atoms with Gasteiger partial charge < -0.3 is 14.7 Å². The number of nitrogens with zero attached hydrogens (tertiary/aromatic N) is 5. The van der Waals surface area contributed by atoms with E-state index in [-0.39, 0.29) is 5.91 Å². The van der Waals surface area contributed by atoms with Crippen LogP contribution in [0.25, 0.3) is 10.8 Å². The van der Waals surface area contributed by atoms with Crippen LogP contribution in [0.5, 0.6) is 0 Å². The molecule has 0 radical (unpaired) electrons. The van der Waals surface area contributed by atoms with Crippen LogP contribution in [0.2, 0.25) is 0 Å². The maximum atomic E-state index is 13.6. The molecule has 3 aliphatic rings. The lowest BCUT2D eigenvalue weighted by Crippen LogP contribution is -2.47. The first-order valence-corrected chi connectivity index (χ1v) is 12.7. The summed E-state index contributed by atoms with van der Waals surface area (Å²) in [6.45, 7) is 3.98. The number of rotatable bonds is 4. The Morgan fingerprint density at radius 2 is 1.76 bits per heavy atom. The Balaban J connectivity index is 1.17. The standard InChI is InChI=1S/C28H33N5O/c1-31-10-12-32(13-11-31)27-17-21(8-9-30-27)28(34)33-24-6-7-25(33)16-20(15-24)14-23-19-29-18-22-4-2-3-5-26(22)23/h2-5,8-9,17-20,24-25H,6-7,10-16H2,1H3. The third-order valence-corrected chi connectivity index (χ3v) is 8.14. The monoisotopic (exact) mass is 455 g/mol. The number of hydrogen-bond donors (Lipinski definition) is 0. The lowest BCUT2D eigenvalue weighted by Gasteiger charge is -2.39. The molecule has 3 fully saturated rings. The Kier molecular flexibility index (Phi) is 5.69. The zero-order valence-electron chi connectivity index (χ0n) is 19.9. The Bertz CT molecular complexity index is 1170. The third-order valence-electron chi connectivity index (χ3n) is 8.14. The van der Waals surface area contributed by atoms with Crippen molar-refractivity contribution in [3.63, 3.8) is 0 Å². The van der Waals surface area contributed by atoms with Gasteiger partial charge in [0.15, 0.2) is 0 Å². The number of piperidine rings is 1. The molecular weight excluding hydrogens is 422 g/mol. The summed E-state index contributed by atoms with van der Waals surface area (Å²) in [5.74, 6) is 1.73. The van der Waals surface area contributed by atoms with Crippen molar-refractivity contribution in [2.75, 3.05) is 38.1 Å². The molecule has 3 aliphatic heterocycles. The van der Waals surface area contributed by atoms with E-state index in [0.717, 1.165) is 69.7 Å². The summed E-state index contributed by atoms with van der Waals surface area (Å²) in [5.41, 5.74) is 2.13. The first-order valence-electron chi connectivity index (χ1n) is 12.7. The molecule has 6 rings (SSSR count). The number of fused-ring (bicyclic) bond motifs is 3. The van der Waals surface area contributed by atoms with E-state index in [1.165, 1.54) is 16.3 Å². The predicted molar refractivity (Wildman–Crippen MR) is 135 cm³/mol. The maximum absolute atomic E-state index is 13.6. The predicted octanol–water partition coefficient (Wildman–Crippen LogP) is 4.01. The Hall–Kier alpha value is -2.99. The van der Waals surface area contributed by atoms with Gasteiger partial charge in [-0.25, -0.2) is 4.98 Å². The molecule has 3 aromatic rings. The number of anilines is 1. The minimum atomic E-state index is 0.190. The number of likely N-dealkylation sites (N-methyl/N-ethyl adjacent to an activating group) is 1. The van der Waals surface area contributed by atoms with Gasteiger partial charge in [0.2, 0.25) is 0 Å². The van der Waals surface area contributed by atoms with E-state index in [2.05, 4.69) is 56.0 Å². The fraction of sp³-hybridized carbons (Fsp3) is 0.464. The summed E-state index contributed by atoms with van der Waals surface area (Å²) in [7, 11) is 2.15. The van der Waals surface area contributed by atoms with Gasteiger partial charge in [-0.1, -0.05) is 24.3 Å². The van der Waals surface area contributed by atoms with E-state index in [9.17, 15) is 4.79 Å². The molecule has 2 aromatic heterocycles. The fourth-order valence-electron chi connectivity index (χ4n) is 6.35. The van der Waals surface area contributed by atoms with Crippen LogP contribution in [-0.4, -0.2) is 71.0 Å². The number of pyridine rings is 2. The van der Waals surface area contributed by atoms with Crippen LogP contribution in [0.4, 0.5) is 5.82 Å². The zero-order chi connectivity index (χ0) is 23.1. The molecule has 176 valence electrons. The Morgan fingerprint density at radius 1 is 1.00 bits per heavy atom. The second-order valence-corrected chi connectivity index (χ2v) is 10.4. The highest BCUT2D eigenvalue weighted by molar-refractivity contribution is 5.95. The molecule has 3 saturated heterocycles. The highest BCUT2D eigenvalue weighted by atomic mass is 16.2. The minimum absolute atomic E-state index is 0.190. The van der Waals surface area contributed by atoms with Gasteiger partial charge in [-0.15, -0.1) is 0 Å². The Morgan fingerprint density at radius 3 is 2.56 bits per heavy atom.